The van der Waals surface area contributed by atoms with Gasteiger partial charge in [0.15, 0.2) is 0 Å². The van der Waals surface area contributed by atoms with E-state index in [0.717, 1.165) is 24.1 Å². The van der Waals surface area contributed by atoms with Crippen molar-refractivity contribution in [1.29, 1.82) is 0 Å². The fraction of sp³-hybridized carbons (Fsp3) is 0.357. The molecule has 0 bridgehead atoms. The Bertz CT molecular complexity index is 513. The van der Waals surface area contributed by atoms with E-state index in [9.17, 15) is 14.4 Å². The van der Waals surface area contributed by atoms with E-state index in [1.165, 1.54) is 0 Å². The molecule has 114 valence electrons. The van der Waals surface area contributed by atoms with Crippen LogP contribution in [0.1, 0.15) is 19.4 Å². The minimum Gasteiger partial charge on any atom is -0.479 e. The minimum absolute atomic E-state index is 0.0784. The van der Waals surface area contributed by atoms with Crippen LogP contribution in [0.4, 0.5) is 5.69 Å². The Morgan fingerprint density at radius 1 is 1.14 bits per heavy atom. The molecule has 0 spiro atoms. The van der Waals surface area contributed by atoms with Crippen molar-refractivity contribution in [2.24, 2.45) is 0 Å². The highest BCUT2D eigenvalue weighted by Crippen LogP contribution is 2.13. The number of carbonyl (C=O) groups is 3. The maximum absolute atomic E-state index is 11.6. The Labute approximate surface area is 122 Å². The molecule has 0 aliphatic heterocycles. The highest BCUT2D eigenvalue weighted by Gasteiger charge is 2.34. The van der Waals surface area contributed by atoms with Crippen molar-refractivity contribution in [3.8, 4) is 0 Å². The van der Waals surface area contributed by atoms with Gasteiger partial charge in [0.25, 0.3) is 0 Å². The van der Waals surface area contributed by atoms with Gasteiger partial charge in [0.05, 0.1) is 0 Å². The average Bonchev–Trinajstić information content (AvgIpc) is 2.39. The first-order chi connectivity index (χ1) is 9.86. The van der Waals surface area contributed by atoms with Crippen molar-refractivity contribution in [3.05, 3.63) is 29.8 Å². The van der Waals surface area contributed by atoms with Gasteiger partial charge in [-0.3, -0.25) is 4.79 Å². The van der Waals surface area contributed by atoms with Gasteiger partial charge in [-0.05, 0) is 24.6 Å². The summed E-state index contributed by atoms with van der Waals surface area (Å²) < 4.78 is 0. The van der Waals surface area contributed by atoms with Gasteiger partial charge in [0, 0.05) is 25.7 Å². The number of anilines is 1. The van der Waals surface area contributed by atoms with Crippen LogP contribution in [0.15, 0.2) is 24.3 Å². The second-order valence-electron chi connectivity index (χ2n) is 4.45. The zero-order valence-electron chi connectivity index (χ0n) is 11.9. The molecule has 21 heavy (non-hydrogen) atoms. The number of hydrogen-bond donors (Lipinski definition) is 3. The molecule has 0 saturated carbocycles. The maximum Gasteiger partial charge on any atom is 0.338 e. The molecule has 1 rings (SSSR count). The monoisotopic (exact) mass is 294 g/mol. The van der Waals surface area contributed by atoms with Gasteiger partial charge in [-0.15, -0.1) is 0 Å². The molecule has 7 nitrogen and oxygen atoms in total. The van der Waals surface area contributed by atoms with Gasteiger partial charge in [-0.1, -0.05) is 12.1 Å². The van der Waals surface area contributed by atoms with Crippen LogP contribution in [0.5, 0.6) is 0 Å². The number of rotatable bonds is 7. The molecule has 0 unspecified atom stereocenters. The van der Waals surface area contributed by atoms with E-state index >= 15 is 0 Å². The van der Waals surface area contributed by atoms with Crippen molar-refractivity contribution in [1.82, 2.24) is 4.90 Å². The molecule has 0 atom stereocenters. The molecular formula is C14H18N2O5. The number of carbonyl (C=O) groups excluding carboxylic acids is 1. The third-order valence-corrected chi connectivity index (χ3v) is 2.87. The van der Waals surface area contributed by atoms with Crippen LogP contribution >= 0.6 is 0 Å². The topological polar surface area (TPSA) is 107 Å². The number of nitrogens with zero attached hydrogens (tertiary/aromatic N) is 1. The molecule has 0 aromatic heterocycles. The van der Waals surface area contributed by atoms with Crippen LogP contribution in [0.25, 0.3) is 0 Å². The first kappa shape index (κ1) is 16.5. The van der Waals surface area contributed by atoms with Crippen molar-refractivity contribution in [2.75, 3.05) is 11.9 Å². The molecule has 1 aromatic rings. The van der Waals surface area contributed by atoms with E-state index in [1.54, 1.807) is 24.3 Å². The van der Waals surface area contributed by atoms with Gasteiger partial charge in [-0.25, -0.2) is 9.59 Å². The number of amides is 1. The number of nitrogens with one attached hydrogen (secondary N) is 1. The van der Waals surface area contributed by atoms with Crippen molar-refractivity contribution < 1.29 is 24.6 Å². The third kappa shape index (κ3) is 4.48. The summed E-state index contributed by atoms with van der Waals surface area (Å²) in [7, 11) is 0. The first-order valence-corrected chi connectivity index (χ1v) is 6.42. The number of carboxylic acids is 2. The molecule has 1 aromatic carbocycles. The predicted molar refractivity (Wildman–Crippen MR) is 75.9 cm³/mol. The summed E-state index contributed by atoms with van der Waals surface area (Å²) in [6.07, 6.45) is 0. The van der Waals surface area contributed by atoms with Crippen LogP contribution in [0, 0.1) is 0 Å². The number of aliphatic carboxylic acids is 2. The maximum atomic E-state index is 11.6. The van der Waals surface area contributed by atoms with Crippen molar-refractivity contribution >= 4 is 23.5 Å². The molecular weight excluding hydrogens is 276 g/mol. The second-order valence-corrected chi connectivity index (χ2v) is 4.45. The molecule has 0 aliphatic carbocycles. The summed E-state index contributed by atoms with van der Waals surface area (Å²) in [6, 6.07) is 5.11. The van der Waals surface area contributed by atoms with Gasteiger partial charge in [0.1, 0.15) is 0 Å². The van der Waals surface area contributed by atoms with Gasteiger partial charge < -0.3 is 20.4 Å². The number of benzene rings is 1. The van der Waals surface area contributed by atoms with Gasteiger partial charge in [-0.2, -0.15) is 0 Å². The van der Waals surface area contributed by atoms with Crippen molar-refractivity contribution in [3.63, 3.8) is 0 Å². The second kappa shape index (κ2) is 7.28. The van der Waals surface area contributed by atoms with Crippen LogP contribution in [0.3, 0.4) is 0 Å². The van der Waals surface area contributed by atoms with Gasteiger partial charge in [0.2, 0.25) is 11.9 Å². The summed E-state index contributed by atoms with van der Waals surface area (Å²) in [5.74, 6) is -3.75. The molecule has 1 amide bonds. The fourth-order valence-corrected chi connectivity index (χ4v) is 1.89. The average molecular weight is 294 g/mol. The number of hydrogen-bond acceptors (Lipinski definition) is 4. The summed E-state index contributed by atoms with van der Waals surface area (Å²) in [6.45, 7) is 3.78. The Morgan fingerprint density at radius 2 is 1.67 bits per heavy atom. The zero-order valence-corrected chi connectivity index (χ0v) is 11.9. The van der Waals surface area contributed by atoms with Crippen LogP contribution in [-0.4, -0.2) is 45.5 Å². The van der Waals surface area contributed by atoms with E-state index in [1.807, 2.05) is 6.92 Å². The Kier molecular flexibility index (Phi) is 5.71. The van der Waals surface area contributed by atoms with E-state index in [0.29, 0.717) is 5.56 Å². The molecule has 0 aliphatic rings. The highest BCUT2D eigenvalue weighted by molar-refractivity contribution is 6.00. The normalized spacial score (nSPS) is 10.2. The quantitative estimate of drug-likeness (QED) is 0.648. The van der Waals surface area contributed by atoms with E-state index in [-0.39, 0.29) is 6.54 Å². The molecule has 0 saturated heterocycles. The number of carboxylic acid groups (broad SMARTS) is 2. The lowest BCUT2D eigenvalue weighted by atomic mass is 10.1. The van der Waals surface area contributed by atoms with Gasteiger partial charge >= 0.3 is 11.9 Å². The van der Waals surface area contributed by atoms with Crippen LogP contribution in [-0.2, 0) is 20.9 Å². The summed E-state index contributed by atoms with van der Waals surface area (Å²) in [4.78, 5) is 34.4. The largest absolute Gasteiger partial charge is 0.479 e. The summed E-state index contributed by atoms with van der Waals surface area (Å²) >= 11 is 0. The van der Waals surface area contributed by atoms with Crippen molar-refractivity contribution in [2.45, 2.75) is 26.4 Å². The summed E-state index contributed by atoms with van der Waals surface area (Å²) in [5, 5.41) is 21.0. The Balaban J connectivity index is 2.95. The Morgan fingerprint density at radius 3 is 2.05 bits per heavy atom. The van der Waals surface area contributed by atoms with Crippen LogP contribution in [0.2, 0.25) is 0 Å². The lowest BCUT2D eigenvalue weighted by molar-refractivity contribution is -0.161. The molecule has 0 heterocycles. The summed E-state index contributed by atoms with van der Waals surface area (Å²) in [5.41, 5.74) is 1.54. The smallest absolute Gasteiger partial charge is 0.338 e. The van der Waals surface area contributed by atoms with E-state index in [2.05, 4.69) is 5.32 Å². The molecule has 0 radical (unpaired) electrons. The lowest BCUT2D eigenvalue weighted by Gasteiger charge is -2.25. The molecule has 0 fully saturated rings. The molecule has 3 N–H and O–H groups in total. The zero-order chi connectivity index (χ0) is 16.0. The minimum atomic E-state index is -1.89. The fourth-order valence-electron chi connectivity index (χ4n) is 1.89. The highest BCUT2D eigenvalue weighted by atomic mass is 16.4. The Hall–Kier alpha value is -2.57. The van der Waals surface area contributed by atoms with E-state index in [4.69, 9.17) is 10.2 Å². The van der Waals surface area contributed by atoms with E-state index < -0.39 is 23.9 Å². The standard InChI is InChI=1S/C14H18N2O5/c1-3-15-11-6-4-10(5-7-11)8-16(9(2)17)12(13(18)19)14(20)21/h4-7,12,15H,3,8H2,1-2H3,(H,18,19)(H,20,21). The lowest BCUT2D eigenvalue weighted by Crippen LogP contribution is -2.48. The van der Waals surface area contributed by atoms with Crippen LogP contribution < -0.4 is 5.32 Å². The molecule has 7 heteroatoms. The SMILES string of the molecule is CCNc1ccc(CN(C(C)=O)C(C(=O)O)C(=O)O)cc1. The first-order valence-electron chi connectivity index (χ1n) is 6.42. The third-order valence-electron chi connectivity index (χ3n) is 2.87. The predicted octanol–water partition coefficient (Wildman–Crippen LogP) is 1.00.